The Balaban J connectivity index is 1.89. The number of rotatable bonds is 7. The minimum atomic E-state index is -2.78. The molecule has 0 saturated heterocycles. The Hall–Kier alpha value is -4.02. The van der Waals surface area contributed by atoms with Crippen molar-refractivity contribution in [3.8, 4) is 28.3 Å². The summed E-state index contributed by atoms with van der Waals surface area (Å²) in [6.07, 6.45) is -1.21. The van der Waals surface area contributed by atoms with Crippen LogP contribution in [0.3, 0.4) is 0 Å². The molecule has 33 heavy (non-hydrogen) atoms. The van der Waals surface area contributed by atoms with E-state index in [2.05, 4.69) is 25.1 Å². The van der Waals surface area contributed by atoms with Gasteiger partial charge >= 0.3 is 0 Å². The summed E-state index contributed by atoms with van der Waals surface area (Å²) in [5.74, 6) is 0.0868. The molecule has 2 N–H and O–H groups in total. The summed E-state index contributed by atoms with van der Waals surface area (Å²) in [5, 5.41) is 7.90. The van der Waals surface area contributed by atoms with Crippen molar-refractivity contribution >= 4 is 5.95 Å². The molecule has 4 rings (SSSR count). The summed E-state index contributed by atoms with van der Waals surface area (Å²) in [6, 6.07) is 8.44. The van der Waals surface area contributed by atoms with Crippen molar-refractivity contribution in [3.63, 3.8) is 0 Å². The average Bonchev–Trinajstić information content (AvgIpc) is 3.25. The molecule has 0 atom stereocenters. The standard InChI is InChI=1S/C22H20F3N7O/c1-3-32-11-27-31-17(32)10-33-21-18(14-8-12(2)28-16(9-14)20(24)25)19(29-22(26)30-21)13-4-6-15(23)7-5-13/h4-9,11,20H,3,10H2,1-2H3,(H2,26,29,30). The molecule has 1 aromatic carbocycles. The molecule has 0 amide bonds. The lowest BCUT2D eigenvalue weighted by Crippen LogP contribution is -2.09. The van der Waals surface area contributed by atoms with Gasteiger partial charge in [0.05, 0.1) is 11.3 Å². The largest absolute Gasteiger partial charge is 0.469 e. The van der Waals surface area contributed by atoms with Crippen LogP contribution in [-0.4, -0.2) is 29.7 Å². The normalized spacial score (nSPS) is 11.2. The molecule has 11 heteroatoms. The van der Waals surface area contributed by atoms with Gasteiger partial charge in [-0.2, -0.15) is 4.98 Å². The Morgan fingerprint density at radius 2 is 1.82 bits per heavy atom. The average molecular weight is 455 g/mol. The Morgan fingerprint density at radius 3 is 2.52 bits per heavy atom. The fourth-order valence-electron chi connectivity index (χ4n) is 3.38. The highest BCUT2D eigenvalue weighted by atomic mass is 19.3. The van der Waals surface area contributed by atoms with E-state index in [1.807, 2.05) is 6.92 Å². The van der Waals surface area contributed by atoms with Gasteiger partial charge in [0.2, 0.25) is 11.8 Å². The lowest BCUT2D eigenvalue weighted by Gasteiger charge is -2.16. The number of aromatic nitrogens is 6. The first-order valence-corrected chi connectivity index (χ1v) is 10.1. The number of hydrogen-bond donors (Lipinski definition) is 1. The van der Waals surface area contributed by atoms with Crippen molar-refractivity contribution < 1.29 is 17.9 Å². The number of nitrogen functional groups attached to an aromatic ring is 1. The highest BCUT2D eigenvalue weighted by Crippen LogP contribution is 2.39. The lowest BCUT2D eigenvalue weighted by atomic mass is 9.99. The minimum Gasteiger partial charge on any atom is -0.469 e. The number of alkyl halides is 2. The predicted octanol–water partition coefficient (Wildman–Crippen LogP) is 4.36. The second-order valence-electron chi connectivity index (χ2n) is 7.16. The zero-order valence-electron chi connectivity index (χ0n) is 17.8. The third-order valence-corrected chi connectivity index (χ3v) is 4.87. The van der Waals surface area contributed by atoms with Crippen molar-refractivity contribution in [1.29, 1.82) is 0 Å². The van der Waals surface area contributed by atoms with Gasteiger partial charge < -0.3 is 15.0 Å². The number of nitrogens with two attached hydrogens (primary N) is 1. The van der Waals surface area contributed by atoms with Crippen molar-refractivity contribution in [2.24, 2.45) is 0 Å². The number of ether oxygens (including phenoxy) is 1. The highest BCUT2D eigenvalue weighted by Gasteiger charge is 2.22. The van der Waals surface area contributed by atoms with Gasteiger partial charge in [0.15, 0.2) is 5.82 Å². The third kappa shape index (κ3) is 4.76. The maximum atomic E-state index is 13.5. The quantitative estimate of drug-likeness (QED) is 0.441. The Labute approximate surface area is 187 Å². The fourth-order valence-corrected chi connectivity index (χ4v) is 3.38. The van der Waals surface area contributed by atoms with E-state index in [0.29, 0.717) is 40.4 Å². The Bertz CT molecular complexity index is 1280. The van der Waals surface area contributed by atoms with Crippen LogP contribution in [-0.2, 0) is 13.2 Å². The predicted molar refractivity (Wildman–Crippen MR) is 115 cm³/mol. The van der Waals surface area contributed by atoms with Crippen molar-refractivity contribution in [3.05, 3.63) is 65.8 Å². The number of nitrogens with zero attached hydrogens (tertiary/aromatic N) is 6. The van der Waals surface area contributed by atoms with Crippen LogP contribution in [0.1, 0.15) is 30.6 Å². The number of aryl methyl sites for hydroxylation is 2. The van der Waals surface area contributed by atoms with E-state index < -0.39 is 17.9 Å². The maximum absolute atomic E-state index is 13.5. The zero-order valence-corrected chi connectivity index (χ0v) is 17.8. The van der Waals surface area contributed by atoms with Gasteiger partial charge in [-0.15, -0.1) is 10.2 Å². The molecule has 0 aliphatic carbocycles. The van der Waals surface area contributed by atoms with Crippen molar-refractivity contribution in [2.45, 2.75) is 33.4 Å². The van der Waals surface area contributed by atoms with Gasteiger partial charge in [0.1, 0.15) is 24.4 Å². The highest BCUT2D eigenvalue weighted by molar-refractivity contribution is 5.85. The Kier molecular flexibility index (Phi) is 6.20. The number of benzene rings is 1. The van der Waals surface area contributed by atoms with Crippen LogP contribution in [0.15, 0.2) is 42.7 Å². The molecule has 0 aliphatic rings. The van der Waals surface area contributed by atoms with Gasteiger partial charge in [-0.25, -0.2) is 18.2 Å². The molecule has 4 aromatic rings. The Morgan fingerprint density at radius 1 is 1.06 bits per heavy atom. The second-order valence-corrected chi connectivity index (χ2v) is 7.16. The molecule has 0 aliphatic heterocycles. The van der Waals surface area contributed by atoms with Crippen LogP contribution in [0.4, 0.5) is 19.1 Å². The molecule has 0 unspecified atom stereocenters. The second kappa shape index (κ2) is 9.23. The third-order valence-electron chi connectivity index (χ3n) is 4.87. The van der Waals surface area contributed by atoms with E-state index in [-0.39, 0.29) is 18.4 Å². The van der Waals surface area contributed by atoms with E-state index in [4.69, 9.17) is 10.5 Å². The smallest absolute Gasteiger partial charge is 0.280 e. The van der Waals surface area contributed by atoms with Crippen LogP contribution in [0.2, 0.25) is 0 Å². The van der Waals surface area contributed by atoms with Crippen LogP contribution < -0.4 is 10.5 Å². The van der Waals surface area contributed by atoms with Gasteiger partial charge in [-0.3, -0.25) is 4.98 Å². The first kappa shape index (κ1) is 22.2. The number of pyridine rings is 1. The monoisotopic (exact) mass is 455 g/mol. The zero-order chi connectivity index (χ0) is 23.5. The minimum absolute atomic E-state index is 0.00587. The van der Waals surface area contributed by atoms with Gasteiger partial charge in [0, 0.05) is 17.8 Å². The summed E-state index contributed by atoms with van der Waals surface area (Å²) in [5.41, 5.74) is 7.43. The molecule has 0 radical (unpaired) electrons. The maximum Gasteiger partial charge on any atom is 0.280 e. The number of halogens is 3. The SMILES string of the molecule is CCn1cnnc1COc1nc(N)nc(-c2ccc(F)cc2)c1-c1cc(C)nc(C(F)F)c1. The van der Waals surface area contributed by atoms with Crippen LogP contribution >= 0.6 is 0 Å². The molecule has 0 saturated carbocycles. The van der Waals surface area contributed by atoms with Gasteiger partial charge in [0.25, 0.3) is 6.43 Å². The van der Waals surface area contributed by atoms with Crippen molar-refractivity contribution in [1.82, 2.24) is 29.7 Å². The van der Waals surface area contributed by atoms with Gasteiger partial charge in [-0.1, -0.05) is 0 Å². The van der Waals surface area contributed by atoms with Crippen LogP contribution in [0.5, 0.6) is 5.88 Å². The number of hydrogen-bond acceptors (Lipinski definition) is 7. The van der Waals surface area contributed by atoms with E-state index in [9.17, 15) is 13.2 Å². The molecule has 0 spiro atoms. The van der Waals surface area contributed by atoms with Crippen LogP contribution in [0, 0.1) is 12.7 Å². The molecule has 0 bridgehead atoms. The molecular formula is C22H20F3N7O. The molecule has 3 heterocycles. The van der Waals surface area contributed by atoms with Gasteiger partial charge in [-0.05, 0) is 55.8 Å². The lowest BCUT2D eigenvalue weighted by molar-refractivity contribution is 0.146. The van der Waals surface area contributed by atoms with E-state index >= 15 is 0 Å². The summed E-state index contributed by atoms with van der Waals surface area (Å²) >= 11 is 0. The number of anilines is 1. The first-order chi connectivity index (χ1) is 15.9. The molecular weight excluding hydrogens is 435 g/mol. The topological polar surface area (TPSA) is 105 Å². The van der Waals surface area contributed by atoms with E-state index in [1.54, 1.807) is 23.9 Å². The van der Waals surface area contributed by atoms with Crippen LogP contribution in [0.25, 0.3) is 22.4 Å². The molecule has 8 nitrogen and oxygen atoms in total. The van der Waals surface area contributed by atoms with E-state index in [1.165, 1.54) is 30.3 Å². The van der Waals surface area contributed by atoms with Crippen molar-refractivity contribution in [2.75, 3.05) is 5.73 Å². The summed E-state index contributed by atoms with van der Waals surface area (Å²) < 4.78 is 48.3. The molecule has 0 fully saturated rings. The molecule has 3 aromatic heterocycles. The summed E-state index contributed by atoms with van der Waals surface area (Å²) in [6.45, 7) is 4.17. The molecule has 170 valence electrons. The summed E-state index contributed by atoms with van der Waals surface area (Å²) in [7, 11) is 0. The fraction of sp³-hybridized carbons (Fsp3) is 0.227. The first-order valence-electron chi connectivity index (χ1n) is 10.1. The van der Waals surface area contributed by atoms with E-state index in [0.717, 1.165) is 0 Å². The summed E-state index contributed by atoms with van der Waals surface area (Å²) in [4.78, 5) is 12.4.